The van der Waals surface area contributed by atoms with Gasteiger partial charge in [0, 0.05) is 17.3 Å². The Balaban J connectivity index is 1.51. The lowest BCUT2D eigenvalue weighted by atomic mass is 10.2. The molecule has 0 bridgehead atoms. The minimum atomic E-state index is -0.155. The summed E-state index contributed by atoms with van der Waals surface area (Å²) in [5.74, 6) is -0.155. The Kier molecular flexibility index (Phi) is 3.51. The smallest absolute Gasteiger partial charge is 0.246 e. The van der Waals surface area contributed by atoms with Crippen LogP contribution in [-0.2, 0) is 11.3 Å². The Morgan fingerprint density at radius 3 is 2.71 bits per heavy atom. The van der Waals surface area contributed by atoms with Crippen molar-refractivity contribution in [3.63, 3.8) is 0 Å². The first kappa shape index (κ1) is 14.1. The van der Waals surface area contributed by atoms with E-state index < -0.39 is 0 Å². The van der Waals surface area contributed by atoms with Gasteiger partial charge in [0.05, 0.1) is 23.6 Å². The van der Waals surface area contributed by atoms with Crippen LogP contribution in [0.25, 0.3) is 16.6 Å². The van der Waals surface area contributed by atoms with Gasteiger partial charge in [0.25, 0.3) is 0 Å². The highest BCUT2D eigenvalue weighted by molar-refractivity contribution is 5.90. The van der Waals surface area contributed by atoms with Gasteiger partial charge in [-0.25, -0.2) is 9.36 Å². The zero-order valence-corrected chi connectivity index (χ0v) is 12.7. The molecule has 2 heterocycles. The molecular formula is C17H14N6O. The van der Waals surface area contributed by atoms with Crippen LogP contribution in [0.15, 0.2) is 67.1 Å². The number of nitrogens with zero attached hydrogens (tertiary/aromatic N) is 5. The van der Waals surface area contributed by atoms with Gasteiger partial charge < -0.3 is 5.32 Å². The highest BCUT2D eigenvalue weighted by Gasteiger charge is 2.06. The minimum Gasteiger partial charge on any atom is -0.324 e. The lowest BCUT2D eigenvalue weighted by Crippen LogP contribution is -2.19. The number of aromatic nitrogens is 5. The van der Waals surface area contributed by atoms with Crippen molar-refractivity contribution < 1.29 is 4.79 Å². The summed E-state index contributed by atoms with van der Waals surface area (Å²) in [7, 11) is 0. The van der Waals surface area contributed by atoms with Gasteiger partial charge in [-0.3, -0.25) is 4.79 Å². The highest BCUT2D eigenvalue weighted by atomic mass is 16.2. The number of anilines is 1. The van der Waals surface area contributed by atoms with E-state index in [0.29, 0.717) is 0 Å². The third-order valence-electron chi connectivity index (χ3n) is 3.65. The van der Waals surface area contributed by atoms with Crippen molar-refractivity contribution in [2.24, 2.45) is 0 Å². The predicted molar refractivity (Wildman–Crippen MR) is 89.7 cm³/mol. The monoisotopic (exact) mass is 318 g/mol. The van der Waals surface area contributed by atoms with E-state index in [1.54, 1.807) is 6.20 Å². The maximum absolute atomic E-state index is 12.0. The van der Waals surface area contributed by atoms with Crippen LogP contribution in [0, 0.1) is 0 Å². The summed E-state index contributed by atoms with van der Waals surface area (Å²) >= 11 is 0. The standard InChI is InChI=1S/C17H14N6O/c24-17(12-22-10-9-18-21-22)20-14-5-7-15(8-6-14)23-16-4-2-1-3-13(16)11-19-23/h1-11H,12H2,(H,20,24). The molecule has 0 aliphatic rings. The van der Waals surface area contributed by atoms with Crippen LogP contribution in [0.2, 0.25) is 0 Å². The molecule has 118 valence electrons. The summed E-state index contributed by atoms with van der Waals surface area (Å²) in [4.78, 5) is 12.0. The Morgan fingerprint density at radius 2 is 1.92 bits per heavy atom. The van der Waals surface area contributed by atoms with Crippen molar-refractivity contribution in [3.05, 3.63) is 67.1 Å². The first-order chi connectivity index (χ1) is 11.8. The average Bonchev–Trinajstić information content (AvgIpc) is 3.25. The normalized spacial score (nSPS) is 10.8. The number of rotatable bonds is 4. The van der Waals surface area contributed by atoms with Crippen LogP contribution in [-0.4, -0.2) is 30.7 Å². The molecule has 1 amide bonds. The molecule has 0 unspecified atom stereocenters. The summed E-state index contributed by atoms with van der Waals surface area (Å²) in [6, 6.07) is 15.6. The third kappa shape index (κ3) is 2.74. The zero-order chi connectivity index (χ0) is 16.4. The Morgan fingerprint density at radius 1 is 1.08 bits per heavy atom. The van der Waals surface area contributed by atoms with Gasteiger partial charge in [0.1, 0.15) is 6.54 Å². The summed E-state index contributed by atoms with van der Waals surface area (Å²) < 4.78 is 3.34. The van der Waals surface area contributed by atoms with E-state index in [-0.39, 0.29) is 12.5 Å². The van der Waals surface area contributed by atoms with Crippen molar-refractivity contribution >= 4 is 22.5 Å². The molecule has 7 heteroatoms. The zero-order valence-electron chi connectivity index (χ0n) is 12.7. The van der Waals surface area contributed by atoms with Crippen molar-refractivity contribution in [3.8, 4) is 5.69 Å². The molecule has 4 aromatic rings. The molecule has 0 radical (unpaired) electrons. The molecule has 0 spiro atoms. The molecule has 0 fully saturated rings. The van der Waals surface area contributed by atoms with E-state index in [0.717, 1.165) is 22.3 Å². The number of nitrogens with one attached hydrogen (secondary N) is 1. The fraction of sp³-hybridized carbons (Fsp3) is 0.0588. The molecule has 0 saturated carbocycles. The van der Waals surface area contributed by atoms with E-state index in [9.17, 15) is 4.79 Å². The van der Waals surface area contributed by atoms with Crippen LogP contribution in [0.4, 0.5) is 5.69 Å². The predicted octanol–water partition coefficient (Wildman–Crippen LogP) is 2.26. The number of hydrogen-bond donors (Lipinski definition) is 1. The molecular weight excluding hydrogens is 304 g/mol. The van der Waals surface area contributed by atoms with Crippen LogP contribution >= 0.6 is 0 Å². The van der Waals surface area contributed by atoms with Gasteiger partial charge in [0.15, 0.2) is 0 Å². The van der Waals surface area contributed by atoms with Gasteiger partial charge in [-0.15, -0.1) is 5.10 Å². The number of para-hydroxylation sites is 1. The van der Waals surface area contributed by atoms with E-state index in [1.165, 1.54) is 10.9 Å². The summed E-state index contributed by atoms with van der Waals surface area (Å²) in [5.41, 5.74) is 2.70. The van der Waals surface area contributed by atoms with Gasteiger partial charge in [-0.05, 0) is 30.3 Å². The molecule has 2 aromatic carbocycles. The Bertz CT molecular complexity index is 972. The van der Waals surface area contributed by atoms with Crippen molar-refractivity contribution in [1.82, 2.24) is 24.8 Å². The second-order valence-electron chi connectivity index (χ2n) is 5.31. The highest BCUT2D eigenvalue weighted by Crippen LogP contribution is 2.19. The van der Waals surface area contributed by atoms with Crippen LogP contribution in [0.1, 0.15) is 0 Å². The molecule has 0 atom stereocenters. The van der Waals surface area contributed by atoms with Crippen molar-refractivity contribution in [1.29, 1.82) is 0 Å². The summed E-state index contributed by atoms with van der Waals surface area (Å²) in [6.45, 7) is 0.131. The van der Waals surface area contributed by atoms with E-state index in [4.69, 9.17) is 0 Å². The molecule has 1 N–H and O–H groups in total. The van der Waals surface area contributed by atoms with Gasteiger partial charge in [-0.1, -0.05) is 23.4 Å². The third-order valence-corrected chi connectivity index (χ3v) is 3.65. The topological polar surface area (TPSA) is 77.6 Å². The summed E-state index contributed by atoms with van der Waals surface area (Å²) in [6.07, 6.45) is 5.02. The van der Waals surface area contributed by atoms with Gasteiger partial charge in [-0.2, -0.15) is 5.10 Å². The number of hydrogen-bond acceptors (Lipinski definition) is 4. The molecule has 24 heavy (non-hydrogen) atoms. The first-order valence-electron chi connectivity index (χ1n) is 7.47. The van der Waals surface area contributed by atoms with E-state index >= 15 is 0 Å². The molecule has 4 rings (SSSR count). The largest absolute Gasteiger partial charge is 0.324 e. The number of benzene rings is 2. The molecule has 0 aliphatic heterocycles. The van der Waals surface area contributed by atoms with E-state index in [2.05, 4.69) is 20.7 Å². The number of fused-ring (bicyclic) bond motifs is 1. The minimum absolute atomic E-state index is 0.131. The van der Waals surface area contributed by atoms with E-state index in [1.807, 2.05) is 59.4 Å². The van der Waals surface area contributed by atoms with Gasteiger partial charge >= 0.3 is 0 Å². The lowest BCUT2D eigenvalue weighted by molar-refractivity contribution is -0.116. The quantitative estimate of drug-likeness (QED) is 0.626. The second-order valence-corrected chi connectivity index (χ2v) is 5.31. The van der Waals surface area contributed by atoms with Crippen molar-refractivity contribution in [2.75, 3.05) is 5.32 Å². The van der Waals surface area contributed by atoms with Crippen molar-refractivity contribution in [2.45, 2.75) is 6.54 Å². The SMILES string of the molecule is O=C(Cn1ccnn1)Nc1ccc(-n2ncc3ccccc32)cc1. The molecule has 0 aliphatic carbocycles. The Labute approximate surface area is 137 Å². The van der Waals surface area contributed by atoms with Gasteiger partial charge in [0.2, 0.25) is 5.91 Å². The van der Waals surface area contributed by atoms with Crippen LogP contribution in [0.5, 0.6) is 0 Å². The average molecular weight is 318 g/mol. The number of amides is 1. The fourth-order valence-corrected chi connectivity index (χ4v) is 2.53. The maximum Gasteiger partial charge on any atom is 0.246 e. The maximum atomic E-state index is 12.0. The van der Waals surface area contributed by atoms with Crippen LogP contribution in [0.3, 0.4) is 0 Å². The second kappa shape index (κ2) is 5.96. The lowest BCUT2D eigenvalue weighted by Gasteiger charge is -2.07. The Hall–Kier alpha value is -3.48. The first-order valence-corrected chi connectivity index (χ1v) is 7.47. The summed E-state index contributed by atoms with van der Waals surface area (Å²) in [5, 5.41) is 15.8. The molecule has 2 aromatic heterocycles. The molecule has 7 nitrogen and oxygen atoms in total. The fourth-order valence-electron chi connectivity index (χ4n) is 2.53. The number of carbonyl (C=O) groups excluding carboxylic acids is 1. The van der Waals surface area contributed by atoms with Crippen LogP contribution < -0.4 is 5.32 Å². The number of carbonyl (C=O) groups is 1. The molecule has 0 saturated heterocycles.